The van der Waals surface area contributed by atoms with Crippen LogP contribution in [0.15, 0.2) is 78.5 Å². The molecule has 0 aliphatic carbocycles. The van der Waals surface area contributed by atoms with E-state index in [1.807, 2.05) is 55.5 Å². The van der Waals surface area contributed by atoms with E-state index in [1.54, 1.807) is 6.20 Å². The topological polar surface area (TPSA) is 23.1 Å². The van der Waals surface area contributed by atoms with Gasteiger partial charge in [0.05, 0.1) is 0 Å². The number of rotatable bonds is 2. The number of para-hydroxylation sites is 1. The first-order chi connectivity index (χ1) is 9.67. The Balaban J connectivity index is 2.01. The maximum absolute atomic E-state index is 13.1. The first-order valence-corrected chi connectivity index (χ1v) is 6.77. The molecule has 0 saturated heterocycles. The number of hydrogen-bond acceptors (Lipinski definition) is 1. The lowest BCUT2D eigenvalue weighted by molar-refractivity contribution is 0.544. The third-order valence-electron chi connectivity index (χ3n) is 3.56. The second-order valence-electron chi connectivity index (χ2n) is 5.20. The van der Waals surface area contributed by atoms with Crippen molar-refractivity contribution in [2.75, 3.05) is 6.54 Å². The van der Waals surface area contributed by atoms with Gasteiger partial charge in [0.2, 0.25) is 0 Å². The van der Waals surface area contributed by atoms with Crippen LogP contribution in [-0.2, 0) is 0 Å². The highest BCUT2D eigenvalue weighted by Crippen LogP contribution is 2.32. The molecule has 0 saturated carbocycles. The average molecular weight is 263 g/mol. The molecule has 0 radical (unpaired) electrons. The van der Waals surface area contributed by atoms with Crippen LogP contribution in [0, 0.1) is 5.21 Å². The molecule has 2 heteroatoms. The molecule has 1 aliphatic heterocycles. The molecule has 1 unspecified atom stereocenters. The molecule has 1 atom stereocenters. The zero-order valence-electron chi connectivity index (χ0n) is 11.5. The van der Waals surface area contributed by atoms with E-state index in [1.165, 1.54) is 0 Å². The molecule has 0 fully saturated rings. The van der Waals surface area contributed by atoms with E-state index in [-0.39, 0.29) is 0 Å². The Morgan fingerprint density at radius 3 is 2.15 bits per heavy atom. The van der Waals surface area contributed by atoms with E-state index in [9.17, 15) is 5.21 Å². The van der Waals surface area contributed by atoms with Crippen LogP contribution in [0.1, 0.15) is 12.5 Å². The van der Waals surface area contributed by atoms with Crippen molar-refractivity contribution in [3.8, 4) is 0 Å². The number of hydroxylamine groups is 2. The summed E-state index contributed by atoms with van der Waals surface area (Å²) in [5.74, 6) is 0. The minimum Gasteiger partial charge on any atom is -0.622 e. The van der Waals surface area contributed by atoms with Crippen molar-refractivity contribution in [1.82, 2.24) is 4.65 Å². The lowest BCUT2D eigenvalue weighted by Crippen LogP contribution is -2.40. The molecule has 2 nitrogen and oxygen atoms in total. The summed E-state index contributed by atoms with van der Waals surface area (Å²) >= 11 is 0. The fourth-order valence-corrected chi connectivity index (χ4v) is 2.66. The van der Waals surface area contributed by atoms with Gasteiger partial charge in [-0.25, -0.2) is 0 Å². The molecule has 0 amide bonds. The average Bonchev–Trinajstić information content (AvgIpc) is 2.48. The molecule has 2 aromatic carbocycles. The maximum Gasteiger partial charge on any atom is 0.137 e. The van der Waals surface area contributed by atoms with E-state index in [0.29, 0.717) is 6.54 Å². The molecule has 20 heavy (non-hydrogen) atoms. The molecule has 0 bridgehead atoms. The van der Waals surface area contributed by atoms with Crippen molar-refractivity contribution < 1.29 is 0 Å². The van der Waals surface area contributed by atoms with Gasteiger partial charge >= 0.3 is 0 Å². The number of hydrogen-bond donors (Lipinski definition) is 0. The van der Waals surface area contributed by atoms with Crippen LogP contribution >= 0.6 is 0 Å². The molecule has 1 aliphatic rings. The SMILES string of the molecule is CC1=C[N+]([O-])(c2ccccc2)CC(c2ccccc2)=C1. The van der Waals surface area contributed by atoms with E-state index in [4.69, 9.17) is 0 Å². The summed E-state index contributed by atoms with van der Waals surface area (Å²) in [5, 5.41) is 13.1. The second-order valence-corrected chi connectivity index (χ2v) is 5.20. The molecule has 100 valence electrons. The summed E-state index contributed by atoms with van der Waals surface area (Å²) in [7, 11) is 0. The second kappa shape index (κ2) is 5.08. The smallest absolute Gasteiger partial charge is 0.137 e. The van der Waals surface area contributed by atoms with Crippen LogP contribution in [0.5, 0.6) is 0 Å². The van der Waals surface area contributed by atoms with Crippen LogP contribution < -0.4 is 4.65 Å². The molecular formula is C18H17NO. The normalized spacial score (nSPS) is 22.1. The molecule has 0 N–H and O–H groups in total. The van der Waals surface area contributed by atoms with Gasteiger partial charge in [-0.2, -0.15) is 0 Å². The lowest BCUT2D eigenvalue weighted by atomic mass is 10.00. The summed E-state index contributed by atoms with van der Waals surface area (Å²) < 4.78 is -0.423. The Hall–Kier alpha value is -2.16. The summed E-state index contributed by atoms with van der Waals surface area (Å²) in [5.41, 5.74) is 3.99. The standard InChI is InChI=1S/C18H17NO/c1-15-12-17(16-8-4-2-5-9-16)14-19(20,13-15)18-10-6-3-7-11-18/h2-13H,14H2,1H3. The first-order valence-electron chi connectivity index (χ1n) is 6.77. The number of allylic oxidation sites excluding steroid dienone is 2. The van der Waals surface area contributed by atoms with Crippen LogP contribution in [0.25, 0.3) is 5.57 Å². The molecule has 3 rings (SSSR count). The molecule has 0 spiro atoms. The zero-order valence-corrected chi connectivity index (χ0v) is 11.5. The highest BCUT2D eigenvalue weighted by atomic mass is 16.5. The van der Waals surface area contributed by atoms with E-state index < -0.39 is 4.65 Å². The Bertz CT molecular complexity index is 658. The summed E-state index contributed by atoms with van der Waals surface area (Å²) in [6.07, 6.45) is 3.88. The summed E-state index contributed by atoms with van der Waals surface area (Å²) in [6, 6.07) is 19.7. The zero-order chi connectivity index (χ0) is 14.0. The summed E-state index contributed by atoms with van der Waals surface area (Å²) in [4.78, 5) is 0. The van der Waals surface area contributed by atoms with Gasteiger partial charge in [-0.15, -0.1) is 0 Å². The van der Waals surface area contributed by atoms with Crippen molar-refractivity contribution >= 4 is 11.3 Å². The fraction of sp³-hybridized carbons (Fsp3) is 0.111. The van der Waals surface area contributed by atoms with Crippen LogP contribution in [0.2, 0.25) is 0 Å². The molecule has 2 aromatic rings. The van der Waals surface area contributed by atoms with Gasteiger partial charge in [0.15, 0.2) is 0 Å². The van der Waals surface area contributed by atoms with Crippen molar-refractivity contribution in [3.05, 3.63) is 89.3 Å². The van der Waals surface area contributed by atoms with E-state index >= 15 is 0 Å². The van der Waals surface area contributed by atoms with E-state index in [0.717, 1.165) is 22.4 Å². The van der Waals surface area contributed by atoms with Crippen molar-refractivity contribution in [2.45, 2.75) is 6.92 Å². The minimum absolute atomic E-state index is 0.423. The maximum atomic E-state index is 13.1. The van der Waals surface area contributed by atoms with Gasteiger partial charge in [0, 0.05) is 11.1 Å². The van der Waals surface area contributed by atoms with Gasteiger partial charge in [-0.3, -0.25) is 4.65 Å². The number of quaternary nitrogens is 1. The fourth-order valence-electron chi connectivity index (χ4n) is 2.66. The quantitative estimate of drug-likeness (QED) is 0.578. The number of benzene rings is 2. The van der Waals surface area contributed by atoms with Crippen molar-refractivity contribution in [2.24, 2.45) is 0 Å². The molecular weight excluding hydrogens is 246 g/mol. The molecule has 0 aromatic heterocycles. The minimum atomic E-state index is -0.423. The Labute approximate surface area is 119 Å². The molecule has 1 heterocycles. The number of nitrogens with zero attached hydrogens (tertiary/aromatic N) is 1. The van der Waals surface area contributed by atoms with Gasteiger partial charge in [-0.05, 0) is 30.7 Å². The monoisotopic (exact) mass is 263 g/mol. The van der Waals surface area contributed by atoms with Crippen LogP contribution in [0.4, 0.5) is 5.69 Å². The lowest BCUT2D eigenvalue weighted by Gasteiger charge is -2.41. The van der Waals surface area contributed by atoms with Gasteiger partial charge in [0.1, 0.15) is 18.4 Å². The van der Waals surface area contributed by atoms with Crippen LogP contribution in [0.3, 0.4) is 0 Å². The van der Waals surface area contributed by atoms with E-state index in [2.05, 4.69) is 18.2 Å². The Morgan fingerprint density at radius 2 is 1.50 bits per heavy atom. The highest BCUT2D eigenvalue weighted by Gasteiger charge is 2.24. The van der Waals surface area contributed by atoms with Gasteiger partial charge in [-0.1, -0.05) is 48.5 Å². The summed E-state index contributed by atoms with van der Waals surface area (Å²) in [6.45, 7) is 2.42. The third-order valence-corrected chi connectivity index (χ3v) is 3.56. The third kappa shape index (κ3) is 2.44. The van der Waals surface area contributed by atoms with Crippen LogP contribution in [-0.4, -0.2) is 6.54 Å². The predicted molar refractivity (Wildman–Crippen MR) is 84.6 cm³/mol. The van der Waals surface area contributed by atoms with Gasteiger partial charge in [0.25, 0.3) is 0 Å². The first kappa shape index (κ1) is 12.9. The predicted octanol–water partition coefficient (Wildman–Crippen LogP) is 4.49. The highest BCUT2D eigenvalue weighted by molar-refractivity contribution is 5.74. The Kier molecular flexibility index (Phi) is 3.26. The van der Waals surface area contributed by atoms with Crippen molar-refractivity contribution in [1.29, 1.82) is 0 Å². The van der Waals surface area contributed by atoms with Crippen molar-refractivity contribution in [3.63, 3.8) is 0 Å². The largest absolute Gasteiger partial charge is 0.622 e. The van der Waals surface area contributed by atoms with Gasteiger partial charge < -0.3 is 5.21 Å². The Morgan fingerprint density at radius 1 is 0.900 bits per heavy atom.